The van der Waals surface area contributed by atoms with Gasteiger partial charge in [0.2, 0.25) is 11.8 Å². The number of nitrogens with zero attached hydrogens (tertiary/aromatic N) is 1. The molecule has 1 aromatic heterocycles. The Morgan fingerprint density at radius 3 is 2.54 bits per heavy atom. The number of fused-ring (bicyclic) bond motifs is 1. The molecule has 28 heavy (non-hydrogen) atoms. The van der Waals surface area contributed by atoms with E-state index < -0.39 is 35.3 Å². The van der Waals surface area contributed by atoms with Gasteiger partial charge in [-0.1, -0.05) is 13.8 Å². The third-order valence-corrected chi connectivity index (χ3v) is 4.55. The van der Waals surface area contributed by atoms with Crippen molar-refractivity contribution in [2.45, 2.75) is 33.1 Å². The van der Waals surface area contributed by atoms with Crippen molar-refractivity contribution >= 4 is 22.7 Å². The second kappa shape index (κ2) is 8.62. The number of benzene rings is 1. The maximum atomic E-state index is 13.7. The predicted molar refractivity (Wildman–Crippen MR) is 97.2 cm³/mol. The average molecular weight is 401 g/mol. The lowest BCUT2D eigenvalue weighted by Crippen LogP contribution is -2.40. The van der Waals surface area contributed by atoms with E-state index in [1.165, 1.54) is 11.0 Å². The first-order valence-electron chi connectivity index (χ1n) is 9.06. The minimum atomic E-state index is -2.86. The number of amides is 2. The molecule has 0 spiro atoms. The molecule has 2 aromatic rings. The molecule has 3 rings (SSSR count). The van der Waals surface area contributed by atoms with Crippen LogP contribution < -0.4 is 5.32 Å². The second-order valence-electron chi connectivity index (χ2n) is 6.50. The van der Waals surface area contributed by atoms with Crippen LogP contribution in [0.5, 0.6) is 0 Å². The molecule has 0 saturated carbocycles. The van der Waals surface area contributed by atoms with Crippen molar-refractivity contribution in [1.29, 1.82) is 0 Å². The Bertz CT molecular complexity index is 861. The highest BCUT2D eigenvalue weighted by Gasteiger charge is 2.40. The van der Waals surface area contributed by atoms with E-state index in [1.54, 1.807) is 0 Å². The van der Waals surface area contributed by atoms with Gasteiger partial charge in [-0.15, -0.1) is 0 Å². The number of carbonyl (C=O) groups is 2. The van der Waals surface area contributed by atoms with Gasteiger partial charge in [0.1, 0.15) is 17.3 Å². The van der Waals surface area contributed by atoms with Crippen LogP contribution in [0.15, 0.2) is 18.2 Å². The number of likely N-dealkylation sites (tertiary alicyclic amines) is 1. The third kappa shape index (κ3) is 4.82. The lowest BCUT2D eigenvalue weighted by atomic mass is 10.0. The van der Waals surface area contributed by atoms with E-state index >= 15 is 0 Å². The molecule has 1 atom stereocenters. The number of carbonyl (C=O) groups excluding carboxylic acids is 2. The number of H-pyrrole nitrogens is 1. The molecule has 2 N–H and O–H groups in total. The molecule has 0 aliphatic carbocycles. The number of hydrogen-bond donors (Lipinski definition) is 2. The van der Waals surface area contributed by atoms with Gasteiger partial charge < -0.3 is 15.2 Å². The molecule has 1 aromatic carbocycles. The van der Waals surface area contributed by atoms with Gasteiger partial charge in [0.15, 0.2) is 0 Å². The minimum absolute atomic E-state index is 0.0308. The lowest BCUT2D eigenvalue weighted by molar-refractivity contribution is -0.129. The molecule has 0 radical (unpaired) electrons. The Kier molecular flexibility index (Phi) is 6.69. The molecule has 1 unspecified atom stereocenters. The van der Waals surface area contributed by atoms with Crippen LogP contribution in [-0.4, -0.2) is 47.3 Å². The van der Waals surface area contributed by atoms with Gasteiger partial charge in [-0.05, 0) is 25.5 Å². The van der Waals surface area contributed by atoms with Gasteiger partial charge in [0.25, 0.3) is 5.91 Å². The fourth-order valence-corrected chi connectivity index (χ4v) is 3.05. The summed E-state index contributed by atoms with van der Waals surface area (Å²) in [5.41, 5.74) is 0.0863. The summed E-state index contributed by atoms with van der Waals surface area (Å²) in [7, 11) is 0. The molecule has 1 fully saturated rings. The molecule has 1 aliphatic heterocycles. The van der Waals surface area contributed by atoms with Gasteiger partial charge in [-0.2, -0.15) is 0 Å². The quantitative estimate of drug-likeness (QED) is 0.768. The van der Waals surface area contributed by atoms with E-state index in [-0.39, 0.29) is 42.7 Å². The van der Waals surface area contributed by atoms with Crippen LogP contribution in [0.2, 0.25) is 0 Å². The fraction of sp³-hybridized carbons (Fsp3) is 0.474. The minimum Gasteiger partial charge on any atom is -0.350 e. The van der Waals surface area contributed by atoms with Crippen LogP contribution in [0.25, 0.3) is 10.9 Å². The van der Waals surface area contributed by atoms with Crippen LogP contribution in [0.4, 0.5) is 17.6 Å². The Labute approximate surface area is 160 Å². The number of nitrogens with one attached hydrogen (secondary N) is 2. The highest BCUT2D eigenvalue weighted by atomic mass is 19.3. The van der Waals surface area contributed by atoms with E-state index in [4.69, 9.17) is 0 Å². The first-order valence-corrected chi connectivity index (χ1v) is 9.06. The molecule has 2 heterocycles. The summed E-state index contributed by atoms with van der Waals surface area (Å²) in [6.07, 6.45) is 0.204. The first kappa shape index (κ1) is 21.7. The van der Waals surface area contributed by atoms with Crippen molar-refractivity contribution in [2.24, 2.45) is 5.92 Å². The Balaban J connectivity index is 0.00000136. The zero-order valence-corrected chi connectivity index (χ0v) is 15.9. The summed E-state index contributed by atoms with van der Waals surface area (Å²) in [5, 5.41) is 2.41. The van der Waals surface area contributed by atoms with Crippen LogP contribution in [0.1, 0.15) is 37.7 Å². The Hall–Kier alpha value is -2.58. The molecular formula is C19H23F4N3O2. The summed E-state index contributed by atoms with van der Waals surface area (Å²) in [5.74, 6) is -6.49. The lowest BCUT2D eigenvalue weighted by Gasteiger charge is -2.20. The normalized spacial score (nSPS) is 16.7. The molecule has 5 nitrogen and oxygen atoms in total. The smallest absolute Gasteiger partial charge is 0.268 e. The van der Waals surface area contributed by atoms with Crippen molar-refractivity contribution in [3.05, 3.63) is 35.5 Å². The van der Waals surface area contributed by atoms with Crippen molar-refractivity contribution < 1.29 is 27.2 Å². The van der Waals surface area contributed by atoms with Crippen molar-refractivity contribution in [3.63, 3.8) is 0 Å². The molecule has 1 aliphatic rings. The standard InChI is InChI=1S/C17H17F4N3O2.C2H6/c1-17(20,21)9-2-3-24(8-9)15(25)7-22-16(26)14-6-11-12(19)4-10(18)5-13(11)23-14;1-2/h4-6,9,23H,2-3,7-8H2,1H3,(H,22,26);1-2H3. The summed E-state index contributed by atoms with van der Waals surface area (Å²) >= 11 is 0. The zero-order chi connectivity index (χ0) is 21.1. The zero-order valence-electron chi connectivity index (χ0n) is 15.9. The number of halogens is 4. The maximum Gasteiger partial charge on any atom is 0.268 e. The second-order valence-corrected chi connectivity index (χ2v) is 6.50. The predicted octanol–water partition coefficient (Wildman–Crippen LogP) is 3.71. The molecular weight excluding hydrogens is 378 g/mol. The summed E-state index contributed by atoms with van der Waals surface area (Å²) < 4.78 is 53.4. The number of rotatable bonds is 4. The number of alkyl halides is 2. The van der Waals surface area contributed by atoms with Gasteiger partial charge in [-0.3, -0.25) is 9.59 Å². The summed E-state index contributed by atoms with van der Waals surface area (Å²) in [6, 6.07) is 2.97. The molecule has 0 bridgehead atoms. The SMILES string of the molecule is CC.CC(F)(F)C1CCN(C(=O)CNC(=O)c2cc3c(F)cc(F)cc3[nH]2)C1. The van der Waals surface area contributed by atoms with E-state index in [2.05, 4.69) is 10.3 Å². The average Bonchev–Trinajstić information content (AvgIpc) is 3.28. The van der Waals surface area contributed by atoms with E-state index in [9.17, 15) is 27.2 Å². The van der Waals surface area contributed by atoms with E-state index in [0.29, 0.717) is 6.07 Å². The Morgan fingerprint density at radius 2 is 1.93 bits per heavy atom. The first-order chi connectivity index (χ1) is 13.1. The largest absolute Gasteiger partial charge is 0.350 e. The van der Waals surface area contributed by atoms with Crippen molar-refractivity contribution in [3.8, 4) is 0 Å². The monoisotopic (exact) mass is 401 g/mol. The highest BCUT2D eigenvalue weighted by molar-refractivity contribution is 5.99. The number of aromatic amines is 1. The summed E-state index contributed by atoms with van der Waals surface area (Å²) in [4.78, 5) is 28.0. The van der Waals surface area contributed by atoms with Crippen LogP contribution in [0.3, 0.4) is 0 Å². The third-order valence-electron chi connectivity index (χ3n) is 4.55. The van der Waals surface area contributed by atoms with Crippen LogP contribution in [0, 0.1) is 17.6 Å². The van der Waals surface area contributed by atoms with Crippen molar-refractivity contribution in [1.82, 2.24) is 15.2 Å². The topological polar surface area (TPSA) is 65.2 Å². The summed E-state index contributed by atoms with van der Waals surface area (Å²) in [6.45, 7) is 4.60. The molecule has 1 saturated heterocycles. The number of hydrogen-bond acceptors (Lipinski definition) is 2. The van der Waals surface area contributed by atoms with Gasteiger partial charge >= 0.3 is 0 Å². The van der Waals surface area contributed by atoms with E-state index in [0.717, 1.165) is 13.0 Å². The Morgan fingerprint density at radius 1 is 1.25 bits per heavy atom. The van der Waals surface area contributed by atoms with Gasteiger partial charge in [0.05, 0.1) is 12.1 Å². The van der Waals surface area contributed by atoms with Gasteiger partial charge in [0, 0.05) is 30.5 Å². The maximum absolute atomic E-state index is 13.7. The highest BCUT2D eigenvalue weighted by Crippen LogP contribution is 2.31. The molecule has 9 heteroatoms. The van der Waals surface area contributed by atoms with Crippen molar-refractivity contribution in [2.75, 3.05) is 19.6 Å². The molecule has 2 amide bonds. The number of aromatic nitrogens is 1. The van der Waals surface area contributed by atoms with E-state index in [1.807, 2.05) is 13.8 Å². The van der Waals surface area contributed by atoms with Gasteiger partial charge in [-0.25, -0.2) is 17.6 Å². The fourth-order valence-electron chi connectivity index (χ4n) is 3.05. The van der Waals surface area contributed by atoms with Crippen LogP contribution >= 0.6 is 0 Å². The molecule has 154 valence electrons. The van der Waals surface area contributed by atoms with Crippen LogP contribution in [-0.2, 0) is 4.79 Å².